The van der Waals surface area contributed by atoms with Crippen LogP contribution in [0.3, 0.4) is 0 Å². The summed E-state index contributed by atoms with van der Waals surface area (Å²) in [6.07, 6.45) is 0.295. The van der Waals surface area contributed by atoms with E-state index in [2.05, 4.69) is 0 Å². The Hall–Kier alpha value is -0.110. The molecule has 0 amide bonds. The van der Waals surface area contributed by atoms with Gasteiger partial charge in [-0.2, -0.15) is 0 Å². The Labute approximate surface area is 43.2 Å². The third kappa shape index (κ3) is 3.73. The SMILES string of the molecule is CCC[C@@H](F)CO. The third-order valence-electron chi connectivity index (χ3n) is 0.800. The molecule has 1 N–H and O–H groups in total. The second-order valence-electron chi connectivity index (χ2n) is 1.57. The summed E-state index contributed by atoms with van der Waals surface area (Å²) in [5.74, 6) is 0. The van der Waals surface area contributed by atoms with E-state index in [4.69, 9.17) is 5.11 Å². The summed E-state index contributed by atoms with van der Waals surface area (Å²) < 4.78 is 11.9. The van der Waals surface area contributed by atoms with Crippen molar-refractivity contribution in [3.8, 4) is 0 Å². The maximum absolute atomic E-state index is 11.9. The number of hydrogen-bond donors (Lipinski definition) is 1. The minimum Gasteiger partial charge on any atom is -0.393 e. The van der Waals surface area contributed by atoms with Crippen molar-refractivity contribution in [2.45, 2.75) is 25.9 Å². The van der Waals surface area contributed by atoms with Crippen LogP contribution in [-0.2, 0) is 0 Å². The van der Waals surface area contributed by atoms with Gasteiger partial charge in [0.25, 0.3) is 0 Å². The number of rotatable bonds is 3. The molecule has 0 spiro atoms. The normalized spacial score (nSPS) is 14.1. The standard InChI is InChI=1S/C5H11FO/c1-2-3-5(6)4-7/h5,7H,2-4H2,1H3/t5-/m1/s1. The van der Waals surface area contributed by atoms with E-state index in [1.807, 2.05) is 6.92 Å². The fourth-order valence-corrected chi connectivity index (χ4v) is 0.405. The molecule has 1 atom stereocenters. The second kappa shape index (κ2) is 4.06. The Morgan fingerprint density at radius 1 is 1.71 bits per heavy atom. The number of aliphatic hydroxyl groups excluding tert-OH is 1. The summed E-state index contributed by atoms with van der Waals surface area (Å²) in [4.78, 5) is 0. The predicted molar refractivity (Wildman–Crippen MR) is 26.9 cm³/mol. The van der Waals surface area contributed by atoms with Crippen molar-refractivity contribution in [2.75, 3.05) is 6.61 Å². The molecule has 0 unspecified atom stereocenters. The summed E-state index contributed by atoms with van der Waals surface area (Å²) >= 11 is 0. The zero-order valence-electron chi connectivity index (χ0n) is 4.52. The molecule has 0 fully saturated rings. The van der Waals surface area contributed by atoms with Gasteiger partial charge in [-0.3, -0.25) is 0 Å². The zero-order valence-corrected chi connectivity index (χ0v) is 4.52. The highest BCUT2D eigenvalue weighted by Gasteiger charge is 1.99. The van der Waals surface area contributed by atoms with Crippen LogP contribution in [0.15, 0.2) is 0 Å². The lowest BCUT2D eigenvalue weighted by Crippen LogP contribution is -2.03. The average molecular weight is 106 g/mol. The van der Waals surface area contributed by atoms with Crippen molar-refractivity contribution in [2.24, 2.45) is 0 Å². The van der Waals surface area contributed by atoms with E-state index in [0.29, 0.717) is 6.42 Å². The molecule has 0 aliphatic heterocycles. The Morgan fingerprint density at radius 3 is 2.43 bits per heavy atom. The first-order chi connectivity index (χ1) is 3.31. The zero-order chi connectivity index (χ0) is 5.70. The Kier molecular flexibility index (Phi) is 4.00. The maximum atomic E-state index is 11.9. The molecule has 1 nitrogen and oxygen atoms in total. The highest BCUT2D eigenvalue weighted by atomic mass is 19.1. The van der Waals surface area contributed by atoms with Crippen molar-refractivity contribution in [1.82, 2.24) is 0 Å². The molecule has 0 aromatic carbocycles. The highest BCUT2D eigenvalue weighted by molar-refractivity contribution is 4.49. The molecule has 0 radical (unpaired) electrons. The number of alkyl halides is 1. The molecular weight excluding hydrogens is 95.1 g/mol. The van der Waals surface area contributed by atoms with Crippen molar-refractivity contribution in [1.29, 1.82) is 0 Å². The van der Waals surface area contributed by atoms with Crippen LogP contribution in [-0.4, -0.2) is 17.9 Å². The lowest BCUT2D eigenvalue weighted by Gasteiger charge is -1.97. The van der Waals surface area contributed by atoms with Crippen LogP contribution in [0.2, 0.25) is 0 Å². The van der Waals surface area contributed by atoms with Gasteiger partial charge in [-0.05, 0) is 6.42 Å². The van der Waals surface area contributed by atoms with Crippen molar-refractivity contribution in [3.63, 3.8) is 0 Å². The maximum Gasteiger partial charge on any atom is 0.123 e. The van der Waals surface area contributed by atoms with Gasteiger partial charge < -0.3 is 5.11 Å². The van der Waals surface area contributed by atoms with Gasteiger partial charge in [0.2, 0.25) is 0 Å². The molecule has 0 aliphatic rings. The number of aliphatic hydroxyl groups is 1. The second-order valence-corrected chi connectivity index (χ2v) is 1.57. The third-order valence-corrected chi connectivity index (χ3v) is 0.800. The predicted octanol–water partition coefficient (Wildman–Crippen LogP) is 1.12. The average Bonchev–Trinajstić information content (AvgIpc) is 1.68. The van der Waals surface area contributed by atoms with Gasteiger partial charge in [0.15, 0.2) is 0 Å². The molecule has 44 valence electrons. The smallest absolute Gasteiger partial charge is 0.123 e. The van der Waals surface area contributed by atoms with Crippen LogP contribution in [0, 0.1) is 0 Å². The first-order valence-corrected chi connectivity index (χ1v) is 2.56. The summed E-state index contributed by atoms with van der Waals surface area (Å²) in [7, 11) is 0. The van der Waals surface area contributed by atoms with Gasteiger partial charge in [0, 0.05) is 0 Å². The van der Waals surface area contributed by atoms with E-state index in [-0.39, 0.29) is 6.61 Å². The topological polar surface area (TPSA) is 20.2 Å². The largest absolute Gasteiger partial charge is 0.393 e. The van der Waals surface area contributed by atoms with Gasteiger partial charge in [-0.1, -0.05) is 13.3 Å². The molecule has 0 aromatic rings. The number of hydrogen-bond acceptors (Lipinski definition) is 1. The molecule has 2 heteroatoms. The van der Waals surface area contributed by atoms with Crippen molar-refractivity contribution >= 4 is 0 Å². The minimum atomic E-state index is -0.995. The van der Waals surface area contributed by atoms with Crippen LogP contribution in [0.1, 0.15) is 19.8 Å². The van der Waals surface area contributed by atoms with Gasteiger partial charge in [-0.25, -0.2) is 4.39 Å². The molecule has 0 bridgehead atoms. The highest BCUT2D eigenvalue weighted by Crippen LogP contribution is 1.97. The van der Waals surface area contributed by atoms with Crippen LogP contribution in [0.5, 0.6) is 0 Å². The van der Waals surface area contributed by atoms with Crippen LogP contribution in [0.25, 0.3) is 0 Å². The summed E-state index contributed by atoms with van der Waals surface area (Å²) in [5.41, 5.74) is 0. The molecule has 0 aromatic heterocycles. The molecular formula is C5H11FO. The summed E-state index contributed by atoms with van der Waals surface area (Å²) in [6, 6.07) is 0. The Morgan fingerprint density at radius 2 is 2.29 bits per heavy atom. The van der Waals surface area contributed by atoms with Gasteiger partial charge in [-0.15, -0.1) is 0 Å². The molecule has 0 aliphatic carbocycles. The van der Waals surface area contributed by atoms with Gasteiger partial charge >= 0.3 is 0 Å². The summed E-state index contributed by atoms with van der Waals surface area (Å²) in [5, 5.41) is 8.09. The monoisotopic (exact) mass is 106 g/mol. The molecule has 0 heterocycles. The van der Waals surface area contributed by atoms with Gasteiger partial charge in [0.1, 0.15) is 6.17 Å². The van der Waals surface area contributed by atoms with E-state index >= 15 is 0 Å². The van der Waals surface area contributed by atoms with E-state index in [0.717, 1.165) is 6.42 Å². The lowest BCUT2D eigenvalue weighted by molar-refractivity contribution is 0.169. The Balaban J connectivity index is 2.83. The molecule has 0 saturated carbocycles. The first-order valence-electron chi connectivity index (χ1n) is 2.56. The van der Waals surface area contributed by atoms with Crippen molar-refractivity contribution < 1.29 is 9.50 Å². The lowest BCUT2D eigenvalue weighted by atomic mass is 10.2. The Bertz CT molecular complexity index is 39.1. The van der Waals surface area contributed by atoms with E-state index < -0.39 is 6.17 Å². The minimum absolute atomic E-state index is 0.326. The molecule has 0 saturated heterocycles. The van der Waals surface area contributed by atoms with Crippen LogP contribution in [0.4, 0.5) is 4.39 Å². The van der Waals surface area contributed by atoms with E-state index in [1.165, 1.54) is 0 Å². The van der Waals surface area contributed by atoms with Crippen molar-refractivity contribution in [3.05, 3.63) is 0 Å². The fraction of sp³-hybridized carbons (Fsp3) is 1.00. The van der Waals surface area contributed by atoms with Gasteiger partial charge in [0.05, 0.1) is 6.61 Å². The molecule has 0 rings (SSSR count). The summed E-state index contributed by atoms with van der Waals surface area (Å²) in [6.45, 7) is 1.57. The quantitative estimate of drug-likeness (QED) is 0.571. The fourth-order valence-electron chi connectivity index (χ4n) is 0.405. The first kappa shape index (κ1) is 6.89. The van der Waals surface area contributed by atoms with E-state index in [1.54, 1.807) is 0 Å². The molecule has 7 heavy (non-hydrogen) atoms. The van der Waals surface area contributed by atoms with Crippen LogP contribution < -0.4 is 0 Å². The van der Waals surface area contributed by atoms with Crippen LogP contribution >= 0.6 is 0 Å². The van der Waals surface area contributed by atoms with E-state index in [9.17, 15) is 4.39 Å². The number of halogens is 1.